The zero-order valence-electron chi connectivity index (χ0n) is 29.2. The van der Waals surface area contributed by atoms with Crippen LogP contribution in [0.15, 0.2) is 9.98 Å². The first-order chi connectivity index (χ1) is 20.4. The Kier molecular flexibility index (Phi) is 10.7. The standard InChI is InChI=1S/C31H57N5O5Si3/c1-19(2)16-32-31-34-28-26(29(37)35-31)33-18-36(28)30-24(14-15-42(11,12)13)27-25(39-30)17-38-43(20(3)4,21(5)6)41-44(40-27,22(7)8)23(9)10/h18-28,30H,16-17H2,1-13H3,(H2,32,34,35,37)/t24?,25-,26?,27-,28?,30-/m1/s1. The van der Waals surface area contributed by atoms with Gasteiger partial charge in [-0.1, -0.05) is 94.8 Å². The Morgan fingerprint density at radius 3 is 2.18 bits per heavy atom. The van der Waals surface area contributed by atoms with Gasteiger partial charge in [-0.15, -0.1) is 5.54 Å². The van der Waals surface area contributed by atoms with Crippen molar-refractivity contribution >= 4 is 43.4 Å². The molecule has 0 spiro atoms. The van der Waals surface area contributed by atoms with Crippen LogP contribution in [0.2, 0.25) is 41.8 Å². The smallest absolute Gasteiger partial charge is 0.335 e. The van der Waals surface area contributed by atoms with Crippen molar-refractivity contribution in [3.8, 4) is 11.5 Å². The van der Waals surface area contributed by atoms with Gasteiger partial charge in [-0.3, -0.25) is 20.1 Å². The first kappa shape index (κ1) is 35.3. The van der Waals surface area contributed by atoms with Gasteiger partial charge in [0.25, 0.3) is 5.91 Å². The minimum absolute atomic E-state index is 0.174. The third kappa shape index (κ3) is 6.91. The number of nitrogens with one attached hydrogen (secondary N) is 2. The maximum absolute atomic E-state index is 13.1. The Morgan fingerprint density at radius 2 is 1.64 bits per heavy atom. The van der Waals surface area contributed by atoms with E-state index in [1.54, 1.807) is 6.34 Å². The topological polar surface area (TPSA) is 106 Å². The molecule has 0 bridgehead atoms. The molecule has 44 heavy (non-hydrogen) atoms. The molecule has 0 aliphatic carbocycles. The monoisotopic (exact) mass is 663 g/mol. The molecule has 4 heterocycles. The highest BCUT2D eigenvalue weighted by atomic mass is 28.5. The number of fused-ring (bicyclic) bond motifs is 2. The van der Waals surface area contributed by atoms with Crippen LogP contribution in [0.1, 0.15) is 69.2 Å². The molecule has 6 atom stereocenters. The number of rotatable bonds is 7. The summed E-state index contributed by atoms with van der Waals surface area (Å²) in [5.74, 6) is 4.03. The van der Waals surface area contributed by atoms with Crippen molar-refractivity contribution in [3.05, 3.63) is 0 Å². The predicted molar refractivity (Wildman–Crippen MR) is 183 cm³/mol. The highest BCUT2D eigenvalue weighted by molar-refractivity contribution is 6.84. The van der Waals surface area contributed by atoms with E-state index in [-0.39, 0.29) is 46.2 Å². The summed E-state index contributed by atoms with van der Waals surface area (Å²) < 4.78 is 28.9. The fourth-order valence-electron chi connectivity index (χ4n) is 6.64. The summed E-state index contributed by atoms with van der Waals surface area (Å²) in [6, 6.07) is -0.613. The number of carbonyl (C=O) groups is 1. The van der Waals surface area contributed by atoms with E-state index in [1.165, 1.54) is 0 Å². The maximum Gasteiger partial charge on any atom is 0.335 e. The number of carbonyl (C=O) groups excluding carboxylic acids is 1. The van der Waals surface area contributed by atoms with Crippen molar-refractivity contribution in [2.75, 3.05) is 13.2 Å². The van der Waals surface area contributed by atoms with E-state index in [4.69, 9.17) is 17.7 Å². The molecule has 4 aliphatic heterocycles. The minimum atomic E-state index is -2.88. The molecule has 13 heteroatoms. The van der Waals surface area contributed by atoms with Crippen LogP contribution >= 0.6 is 0 Å². The molecule has 10 nitrogen and oxygen atoms in total. The molecular weight excluding hydrogens is 607 g/mol. The lowest BCUT2D eigenvalue weighted by Gasteiger charge is -2.51. The zero-order chi connectivity index (χ0) is 32.8. The molecule has 3 fully saturated rings. The Bertz CT molecular complexity index is 1160. The van der Waals surface area contributed by atoms with E-state index < -0.39 is 43.6 Å². The second-order valence-corrected chi connectivity index (χ2v) is 29.1. The molecule has 4 rings (SSSR count). The van der Waals surface area contributed by atoms with Gasteiger partial charge in [-0.25, -0.2) is 0 Å². The van der Waals surface area contributed by atoms with Crippen LogP contribution < -0.4 is 10.6 Å². The highest BCUT2D eigenvalue weighted by Gasteiger charge is 2.62. The molecule has 1 amide bonds. The molecule has 3 unspecified atom stereocenters. The largest absolute Gasteiger partial charge is 0.414 e. The Hall–Kier alpha value is -1.54. The average molecular weight is 664 g/mol. The van der Waals surface area contributed by atoms with Crippen LogP contribution in [0.5, 0.6) is 0 Å². The van der Waals surface area contributed by atoms with Crippen molar-refractivity contribution in [2.45, 2.75) is 142 Å². The van der Waals surface area contributed by atoms with Crippen LogP contribution in [-0.2, 0) is 22.5 Å². The molecule has 248 valence electrons. The predicted octanol–water partition coefficient (Wildman–Crippen LogP) is 4.93. The number of hydrogen-bond acceptors (Lipinski definition) is 8. The summed E-state index contributed by atoms with van der Waals surface area (Å²) >= 11 is 0. The Morgan fingerprint density at radius 1 is 1.02 bits per heavy atom. The normalized spacial score (nSPS) is 32.5. The van der Waals surface area contributed by atoms with Gasteiger partial charge in [0, 0.05) is 6.54 Å². The number of amides is 1. The lowest BCUT2D eigenvalue weighted by atomic mass is 9.99. The SMILES string of the molecule is CC(C)CN=C1NC(=O)C2N=CN([C@@H]3O[C@@H]4CO[Si](C(C)C)(C(C)C)O[Si](C(C)C)(C(C)C)O[C@@H]4C3C#C[Si](C)(C)C)C2N1. The molecule has 0 saturated carbocycles. The highest BCUT2D eigenvalue weighted by Crippen LogP contribution is 2.48. The van der Waals surface area contributed by atoms with Crippen molar-refractivity contribution in [3.63, 3.8) is 0 Å². The zero-order valence-corrected chi connectivity index (χ0v) is 32.2. The van der Waals surface area contributed by atoms with Gasteiger partial charge in [0.1, 0.15) is 26.6 Å². The van der Waals surface area contributed by atoms with Crippen molar-refractivity contribution in [2.24, 2.45) is 21.8 Å². The van der Waals surface area contributed by atoms with Crippen molar-refractivity contribution in [1.29, 1.82) is 0 Å². The number of aliphatic imine (C=N–C) groups is 2. The maximum atomic E-state index is 13.1. The van der Waals surface area contributed by atoms with E-state index in [0.717, 1.165) is 0 Å². The molecule has 3 saturated heterocycles. The summed E-state index contributed by atoms with van der Waals surface area (Å²) in [7, 11) is -7.36. The van der Waals surface area contributed by atoms with E-state index in [1.807, 2.05) is 4.90 Å². The van der Waals surface area contributed by atoms with Crippen molar-refractivity contribution < 1.29 is 22.5 Å². The van der Waals surface area contributed by atoms with Gasteiger partial charge < -0.3 is 27.9 Å². The summed E-state index contributed by atoms with van der Waals surface area (Å²) in [5, 5.41) is 6.33. The molecule has 0 aromatic carbocycles. The molecule has 0 aromatic rings. The Balaban J connectivity index is 1.78. The number of ether oxygens (including phenoxy) is 1. The van der Waals surface area contributed by atoms with Crippen LogP contribution in [0.3, 0.4) is 0 Å². The summed E-state index contributed by atoms with van der Waals surface area (Å²) in [6.07, 6.45) is 0.144. The molecule has 2 N–H and O–H groups in total. The van der Waals surface area contributed by atoms with Gasteiger partial charge in [-0.2, -0.15) is 0 Å². The van der Waals surface area contributed by atoms with Gasteiger partial charge in [0.15, 0.2) is 12.0 Å². The van der Waals surface area contributed by atoms with Gasteiger partial charge in [0.05, 0.1) is 25.0 Å². The van der Waals surface area contributed by atoms with Crippen LogP contribution in [0, 0.1) is 23.3 Å². The number of guanidine groups is 1. The van der Waals surface area contributed by atoms with Crippen LogP contribution in [-0.4, -0.2) is 92.1 Å². The van der Waals surface area contributed by atoms with Crippen molar-refractivity contribution in [1.82, 2.24) is 15.5 Å². The summed E-state index contributed by atoms with van der Waals surface area (Å²) in [5.41, 5.74) is 4.50. The van der Waals surface area contributed by atoms with Crippen LogP contribution in [0.25, 0.3) is 0 Å². The average Bonchev–Trinajstić information content (AvgIpc) is 3.46. The second kappa shape index (κ2) is 13.3. The molecule has 0 aromatic heterocycles. The lowest BCUT2D eigenvalue weighted by molar-refractivity contribution is -0.124. The van der Waals surface area contributed by atoms with Gasteiger partial charge >= 0.3 is 17.1 Å². The Labute approximate surface area is 269 Å². The molecular formula is C31H57N5O5Si3. The first-order valence-corrected chi connectivity index (χ1v) is 24.0. The quantitative estimate of drug-likeness (QED) is 0.294. The fraction of sp³-hybridized carbons (Fsp3) is 0.839. The van der Waals surface area contributed by atoms with E-state index in [0.29, 0.717) is 25.0 Å². The number of nitrogens with zero attached hydrogens (tertiary/aromatic N) is 3. The number of hydrogen-bond donors (Lipinski definition) is 2. The lowest BCUT2D eigenvalue weighted by Crippen LogP contribution is -2.66. The fourth-order valence-corrected chi connectivity index (χ4v) is 18.5. The van der Waals surface area contributed by atoms with E-state index in [9.17, 15) is 4.79 Å². The summed E-state index contributed by atoms with van der Waals surface area (Å²) in [6.45, 7) is 29.8. The van der Waals surface area contributed by atoms with Crippen LogP contribution in [0.4, 0.5) is 0 Å². The third-order valence-corrected chi connectivity index (χ3v) is 20.1. The third-order valence-electron chi connectivity index (χ3n) is 8.97. The second-order valence-electron chi connectivity index (χ2n) is 15.5. The molecule has 0 radical (unpaired) electrons. The minimum Gasteiger partial charge on any atom is -0.414 e. The van der Waals surface area contributed by atoms with E-state index >= 15 is 0 Å². The van der Waals surface area contributed by atoms with Gasteiger partial charge in [-0.05, 0) is 28.1 Å². The summed E-state index contributed by atoms with van der Waals surface area (Å²) in [4.78, 5) is 24.4. The van der Waals surface area contributed by atoms with E-state index in [2.05, 4.69) is 121 Å². The first-order valence-electron chi connectivity index (χ1n) is 16.5. The van der Waals surface area contributed by atoms with Gasteiger partial charge in [0.2, 0.25) is 0 Å². The molecule has 4 aliphatic rings.